The highest BCUT2D eigenvalue weighted by molar-refractivity contribution is 7.56. The molecule has 4 heteroatoms. The summed E-state index contributed by atoms with van der Waals surface area (Å²) in [5.74, 6) is 0. The molecule has 0 aromatic heterocycles. The van der Waals surface area contributed by atoms with Crippen LogP contribution < -0.4 is 0 Å². The summed E-state index contributed by atoms with van der Waals surface area (Å²) in [5.41, 5.74) is 0.703. The first-order chi connectivity index (χ1) is 6.20. The minimum atomic E-state index is -3.15. The first-order valence-corrected chi connectivity index (χ1v) is 5.29. The molecule has 0 saturated carbocycles. The second-order valence-corrected chi connectivity index (χ2v) is 4.29. The second-order valence-electron chi connectivity index (χ2n) is 2.34. The zero-order valence-electron chi connectivity index (χ0n) is 7.56. The van der Waals surface area contributed by atoms with Crippen molar-refractivity contribution in [2.45, 2.75) is 0 Å². The van der Waals surface area contributed by atoms with Crippen molar-refractivity contribution in [2.75, 3.05) is 14.2 Å². The highest BCUT2D eigenvalue weighted by Gasteiger charge is 2.22. The SMILES string of the molecule is COP(=O)([C]c1ccccc1)OC. The molecule has 0 aliphatic carbocycles. The molecule has 0 amide bonds. The van der Waals surface area contributed by atoms with Crippen LogP contribution >= 0.6 is 7.60 Å². The maximum absolute atomic E-state index is 11.6. The van der Waals surface area contributed by atoms with E-state index in [4.69, 9.17) is 9.05 Å². The summed E-state index contributed by atoms with van der Waals surface area (Å²) in [6.45, 7) is 0. The molecule has 0 aliphatic rings. The van der Waals surface area contributed by atoms with Crippen LogP contribution in [-0.2, 0) is 13.6 Å². The predicted molar refractivity (Wildman–Crippen MR) is 50.4 cm³/mol. The van der Waals surface area contributed by atoms with Crippen LogP contribution in [0.2, 0.25) is 0 Å². The molecule has 0 aliphatic heterocycles. The third-order valence-corrected chi connectivity index (χ3v) is 3.01. The van der Waals surface area contributed by atoms with Gasteiger partial charge in [0.2, 0.25) is 0 Å². The third kappa shape index (κ3) is 2.96. The van der Waals surface area contributed by atoms with Crippen molar-refractivity contribution < 1.29 is 13.6 Å². The van der Waals surface area contributed by atoms with Crippen LogP contribution in [0.15, 0.2) is 30.3 Å². The summed E-state index contributed by atoms with van der Waals surface area (Å²) in [7, 11) is -0.486. The monoisotopic (exact) mass is 198 g/mol. The maximum atomic E-state index is 11.6. The highest BCUT2D eigenvalue weighted by Crippen LogP contribution is 2.51. The summed E-state index contributed by atoms with van der Waals surface area (Å²) < 4.78 is 21.0. The molecule has 0 N–H and O–H groups in total. The van der Waals surface area contributed by atoms with Gasteiger partial charge in [-0.1, -0.05) is 30.3 Å². The smallest absolute Gasteiger partial charge is 0.311 e. The summed E-state index contributed by atoms with van der Waals surface area (Å²) in [6, 6.07) is 9.10. The van der Waals surface area contributed by atoms with Crippen molar-refractivity contribution in [3.05, 3.63) is 42.1 Å². The Balaban J connectivity index is 2.74. The topological polar surface area (TPSA) is 35.5 Å². The minimum absolute atomic E-state index is 0.703. The number of rotatable bonds is 4. The van der Waals surface area contributed by atoms with Gasteiger partial charge in [-0.15, -0.1) is 0 Å². The fraction of sp³-hybridized carbons (Fsp3) is 0.222. The van der Waals surface area contributed by atoms with Crippen molar-refractivity contribution in [1.29, 1.82) is 0 Å². The van der Waals surface area contributed by atoms with E-state index in [1.54, 1.807) is 12.1 Å². The predicted octanol–water partition coefficient (Wildman–Crippen LogP) is 2.56. The van der Waals surface area contributed by atoms with E-state index < -0.39 is 7.60 Å². The van der Waals surface area contributed by atoms with Crippen LogP contribution in [0.4, 0.5) is 0 Å². The Labute approximate surface area is 78.2 Å². The van der Waals surface area contributed by atoms with Crippen LogP contribution in [0, 0.1) is 6.16 Å². The van der Waals surface area contributed by atoms with E-state index in [0.29, 0.717) is 5.56 Å². The zero-order chi connectivity index (χ0) is 9.73. The molecule has 2 radical (unpaired) electrons. The fourth-order valence-corrected chi connectivity index (χ4v) is 1.63. The van der Waals surface area contributed by atoms with Crippen LogP contribution in [-0.4, -0.2) is 14.2 Å². The molecule has 1 rings (SSSR count). The molecule has 0 heterocycles. The molecule has 1 aromatic carbocycles. The summed E-state index contributed by atoms with van der Waals surface area (Å²) >= 11 is 0. The fourth-order valence-electron chi connectivity index (χ4n) is 0.837. The molecule has 0 atom stereocenters. The molecule has 0 unspecified atom stereocenters. The molecule has 13 heavy (non-hydrogen) atoms. The minimum Gasteiger partial charge on any atom is -0.311 e. The van der Waals surface area contributed by atoms with Crippen LogP contribution in [0.25, 0.3) is 0 Å². The van der Waals surface area contributed by atoms with Gasteiger partial charge in [-0.25, -0.2) is 0 Å². The van der Waals surface area contributed by atoms with Gasteiger partial charge < -0.3 is 9.05 Å². The highest BCUT2D eigenvalue weighted by atomic mass is 31.2. The molecule has 0 fully saturated rings. The number of benzene rings is 1. The Morgan fingerprint density at radius 2 is 1.69 bits per heavy atom. The summed E-state index contributed by atoms with van der Waals surface area (Å²) in [4.78, 5) is 0. The van der Waals surface area contributed by atoms with Gasteiger partial charge in [0.25, 0.3) is 0 Å². The van der Waals surface area contributed by atoms with Crippen LogP contribution in [0.5, 0.6) is 0 Å². The average molecular weight is 198 g/mol. The van der Waals surface area contributed by atoms with Crippen molar-refractivity contribution in [1.82, 2.24) is 0 Å². The lowest BCUT2D eigenvalue weighted by Gasteiger charge is -2.11. The quantitative estimate of drug-likeness (QED) is 0.697. The van der Waals surface area contributed by atoms with E-state index in [1.165, 1.54) is 14.2 Å². The Morgan fingerprint density at radius 1 is 1.15 bits per heavy atom. The van der Waals surface area contributed by atoms with Crippen molar-refractivity contribution in [2.24, 2.45) is 0 Å². The maximum Gasteiger partial charge on any atom is 0.343 e. The standard InChI is InChI=1S/C9H11O3P/c1-11-13(10,12-2)8-9-6-4-3-5-7-9/h3-7H,1-2H3. The lowest BCUT2D eigenvalue weighted by atomic mass is 10.2. The van der Waals surface area contributed by atoms with Gasteiger partial charge in [-0.05, 0) is 5.56 Å². The lowest BCUT2D eigenvalue weighted by Crippen LogP contribution is -1.90. The van der Waals surface area contributed by atoms with E-state index >= 15 is 0 Å². The zero-order valence-corrected chi connectivity index (χ0v) is 8.45. The largest absolute Gasteiger partial charge is 0.343 e. The van der Waals surface area contributed by atoms with Gasteiger partial charge in [0.15, 0.2) is 0 Å². The second kappa shape index (κ2) is 4.56. The molecular weight excluding hydrogens is 187 g/mol. The molecule has 1 aromatic rings. The Bertz CT molecular complexity index is 289. The van der Waals surface area contributed by atoms with E-state index in [1.807, 2.05) is 18.2 Å². The molecule has 70 valence electrons. The van der Waals surface area contributed by atoms with E-state index in [-0.39, 0.29) is 0 Å². The van der Waals surface area contributed by atoms with Gasteiger partial charge >= 0.3 is 7.60 Å². The first kappa shape index (κ1) is 10.5. The van der Waals surface area contributed by atoms with Crippen LogP contribution in [0.1, 0.15) is 5.56 Å². The summed E-state index contributed by atoms with van der Waals surface area (Å²) in [5, 5.41) is 0. The number of hydrogen-bond acceptors (Lipinski definition) is 3. The van der Waals surface area contributed by atoms with Gasteiger partial charge in [0, 0.05) is 14.2 Å². The normalized spacial score (nSPS) is 11.5. The molecule has 0 spiro atoms. The van der Waals surface area contributed by atoms with E-state index in [9.17, 15) is 4.57 Å². The number of hydrogen-bond donors (Lipinski definition) is 0. The Hall–Kier alpha value is -0.630. The first-order valence-electron chi connectivity index (χ1n) is 3.75. The van der Waals surface area contributed by atoms with Crippen molar-refractivity contribution in [3.8, 4) is 0 Å². The molecule has 0 saturated heterocycles. The Morgan fingerprint density at radius 3 is 2.15 bits per heavy atom. The average Bonchev–Trinajstić information content (AvgIpc) is 2.19. The van der Waals surface area contributed by atoms with Crippen molar-refractivity contribution >= 4 is 7.60 Å². The van der Waals surface area contributed by atoms with E-state index in [0.717, 1.165) is 0 Å². The molecule has 3 nitrogen and oxygen atoms in total. The van der Waals surface area contributed by atoms with Gasteiger partial charge in [-0.3, -0.25) is 4.57 Å². The Kier molecular flexibility index (Phi) is 3.67. The third-order valence-electron chi connectivity index (χ3n) is 1.52. The van der Waals surface area contributed by atoms with Crippen molar-refractivity contribution in [3.63, 3.8) is 0 Å². The van der Waals surface area contributed by atoms with E-state index in [2.05, 4.69) is 6.16 Å². The van der Waals surface area contributed by atoms with Gasteiger partial charge in [0.1, 0.15) is 6.16 Å². The lowest BCUT2D eigenvalue weighted by molar-refractivity contribution is 0.283. The summed E-state index contributed by atoms with van der Waals surface area (Å²) in [6.07, 6.45) is 2.67. The van der Waals surface area contributed by atoms with Gasteiger partial charge in [-0.2, -0.15) is 0 Å². The molecular formula is C9H11O3P. The molecule has 0 bridgehead atoms. The van der Waals surface area contributed by atoms with Gasteiger partial charge in [0.05, 0.1) is 0 Å². The van der Waals surface area contributed by atoms with Crippen LogP contribution in [0.3, 0.4) is 0 Å².